The number of hydrogen-bond acceptors (Lipinski definition) is 0. The summed E-state index contributed by atoms with van der Waals surface area (Å²) in [4.78, 5) is 0. The van der Waals surface area contributed by atoms with E-state index in [-0.39, 0.29) is 0 Å². The number of rotatable bonds is 1. The lowest BCUT2D eigenvalue weighted by Crippen LogP contribution is -2.35. The third kappa shape index (κ3) is 2.20. The van der Waals surface area contributed by atoms with E-state index in [1.165, 1.54) is 0 Å². The van der Waals surface area contributed by atoms with Gasteiger partial charge in [-0.1, -0.05) is 23.2 Å². The molecule has 0 aromatic rings. The van der Waals surface area contributed by atoms with Crippen molar-refractivity contribution in [2.24, 2.45) is 0 Å². The van der Waals surface area contributed by atoms with Crippen LogP contribution in [-0.2, 0) is 0 Å². The summed E-state index contributed by atoms with van der Waals surface area (Å²) < 4.78 is 69.4. The first kappa shape index (κ1) is 11.9. The fourth-order valence-corrected chi connectivity index (χ4v) is 0.422. The molecule has 0 bridgehead atoms. The zero-order valence-electron chi connectivity index (χ0n) is 5.02. The molecule has 0 saturated heterocycles. The van der Waals surface area contributed by atoms with Crippen molar-refractivity contribution in [3.63, 3.8) is 0 Å². The third-order valence-electron chi connectivity index (χ3n) is 0.798. The number of hydrogen-bond donors (Lipinski definition) is 0. The Morgan fingerprint density at radius 2 is 1.33 bits per heavy atom. The summed E-state index contributed by atoms with van der Waals surface area (Å²) in [6.45, 7) is 0. The average molecular weight is 233 g/mol. The molecule has 0 aliphatic carbocycles. The summed E-state index contributed by atoms with van der Waals surface area (Å²) in [6.07, 6.45) is -8.68. The van der Waals surface area contributed by atoms with E-state index in [9.17, 15) is 26.3 Å². The fourth-order valence-electron chi connectivity index (χ4n) is 0.243. The average Bonchev–Trinajstić information content (AvgIpc) is 1.83. The van der Waals surface area contributed by atoms with Gasteiger partial charge >= 0.3 is 11.3 Å². The van der Waals surface area contributed by atoms with Gasteiger partial charge in [0.05, 0.1) is 0 Å². The van der Waals surface area contributed by atoms with Crippen molar-refractivity contribution < 1.29 is 26.3 Å². The minimum Gasteiger partial charge on any atom is -0.209 e. The molecule has 0 amide bonds. The maximum atomic E-state index is 12.2. The standard InChI is InChI=1S/C4Cl2F6/c5-1(2(7)8)3(6,9)4(10,11)12/t3-/m0/s1. The van der Waals surface area contributed by atoms with Gasteiger partial charge < -0.3 is 0 Å². The first-order valence-electron chi connectivity index (χ1n) is 2.26. The quantitative estimate of drug-likeness (QED) is 0.477. The number of alkyl halides is 5. The molecule has 0 radical (unpaired) electrons. The summed E-state index contributed by atoms with van der Waals surface area (Å²) in [5.41, 5.74) is 0. The molecule has 0 heterocycles. The van der Waals surface area contributed by atoms with Crippen LogP contribution in [0, 0.1) is 0 Å². The Bertz CT molecular complexity index is 200. The molecule has 0 aliphatic heterocycles. The Hall–Kier alpha value is -0.100. The molecule has 0 spiro atoms. The highest BCUT2D eigenvalue weighted by Gasteiger charge is 2.59. The van der Waals surface area contributed by atoms with Gasteiger partial charge in [-0.25, -0.2) is 4.39 Å². The van der Waals surface area contributed by atoms with E-state index < -0.39 is 22.4 Å². The maximum absolute atomic E-state index is 12.2. The minimum atomic E-state index is -5.67. The molecule has 0 aromatic heterocycles. The molecule has 12 heavy (non-hydrogen) atoms. The van der Waals surface area contributed by atoms with Crippen molar-refractivity contribution in [2.45, 2.75) is 11.3 Å². The van der Waals surface area contributed by atoms with Gasteiger partial charge in [0, 0.05) is 0 Å². The molecule has 0 nitrogen and oxygen atoms in total. The van der Waals surface area contributed by atoms with Gasteiger partial charge in [0.15, 0.2) is 0 Å². The highest BCUT2D eigenvalue weighted by atomic mass is 35.5. The van der Waals surface area contributed by atoms with Crippen molar-refractivity contribution in [3.05, 3.63) is 11.1 Å². The topological polar surface area (TPSA) is 0 Å². The van der Waals surface area contributed by atoms with E-state index in [4.69, 9.17) is 0 Å². The Morgan fingerprint density at radius 3 is 1.42 bits per heavy atom. The zero-order valence-corrected chi connectivity index (χ0v) is 6.54. The molecule has 0 saturated carbocycles. The van der Waals surface area contributed by atoms with Gasteiger partial charge in [-0.3, -0.25) is 0 Å². The number of allylic oxidation sites excluding steroid dienone is 1. The van der Waals surface area contributed by atoms with Crippen LogP contribution in [-0.4, -0.2) is 11.3 Å². The predicted octanol–water partition coefficient (Wildman–Crippen LogP) is 3.80. The monoisotopic (exact) mass is 232 g/mol. The van der Waals surface area contributed by atoms with Crippen LogP contribution >= 0.6 is 23.2 Å². The first-order chi connectivity index (χ1) is 5.10. The largest absolute Gasteiger partial charge is 0.442 e. The molecule has 1 atom stereocenters. The SMILES string of the molecule is FC(F)=C(Cl)[C@@](F)(Cl)C(F)(F)F. The van der Waals surface area contributed by atoms with E-state index in [1.54, 1.807) is 0 Å². The summed E-state index contributed by atoms with van der Waals surface area (Å²) in [5.74, 6) is 0. The van der Waals surface area contributed by atoms with Crippen LogP contribution in [0.4, 0.5) is 26.3 Å². The van der Waals surface area contributed by atoms with Gasteiger partial charge in [-0.15, -0.1) is 0 Å². The van der Waals surface area contributed by atoms with Crippen molar-refractivity contribution in [1.82, 2.24) is 0 Å². The predicted molar refractivity (Wildman–Crippen MR) is 30.8 cm³/mol. The van der Waals surface area contributed by atoms with E-state index in [1.807, 2.05) is 0 Å². The Labute approximate surface area is 72.7 Å². The number of halogens is 8. The Morgan fingerprint density at radius 1 is 1.00 bits per heavy atom. The van der Waals surface area contributed by atoms with Gasteiger partial charge in [0.25, 0.3) is 6.08 Å². The molecular formula is C4Cl2F6. The molecule has 0 aromatic carbocycles. The third-order valence-corrected chi connectivity index (χ3v) is 1.70. The van der Waals surface area contributed by atoms with E-state index in [2.05, 4.69) is 23.2 Å². The van der Waals surface area contributed by atoms with Crippen LogP contribution in [0.25, 0.3) is 0 Å². The van der Waals surface area contributed by atoms with E-state index >= 15 is 0 Å². The molecule has 0 unspecified atom stereocenters. The molecule has 8 heteroatoms. The second kappa shape index (κ2) is 3.33. The minimum absolute atomic E-state index is 2.36. The summed E-state index contributed by atoms with van der Waals surface area (Å²) >= 11 is 8.39. The lowest BCUT2D eigenvalue weighted by Gasteiger charge is -2.19. The van der Waals surface area contributed by atoms with E-state index in [0.717, 1.165) is 0 Å². The first-order valence-corrected chi connectivity index (χ1v) is 3.02. The van der Waals surface area contributed by atoms with Crippen molar-refractivity contribution in [1.29, 1.82) is 0 Å². The van der Waals surface area contributed by atoms with Crippen LogP contribution in [0.3, 0.4) is 0 Å². The normalized spacial score (nSPS) is 17.0. The van der Waals surface area contributed by atoms with Crippen LogP contribution in [0.2, 0.25) is 0 Å². The summed E-state index contributed by atoms with van der Waals surface area (Å²) in [6, 6.07) is 0. The van der Waals surface area contributed by atoms with E-state index in [0.29, 0.717) is 0 Å². The smallest absolute Gasteiger partial charge is 0.209 e. The van der Waals surface area contributed by atoms with Crippen LogP contribution < -0.4 is 0 Å². The highest BCUT2D eigenvalue weighted by Crippen LogP contribution is 2.46. The fraction of sp³-hybridized carbons (Fsp3) is 0.500. The Balaban J connectivity index is 5.01. The summed E-state index contributed by atoms with van der Waals surface area (Å²) in [7, 11) is 0. The molecule has 0 N–H and O–H groups in total. The molecule has 0 fully saturated rings. The lowest BCUT2D eigenvalue weighted by atomic mass is 10.3. The molecular weight excluding hydrogens is 233 g/mol. The summed E-state index contributed by atoms with van der Waals surface area (Å²) in [5, 5.41) is -7.08. The molecule has 0 aliphatic rings. The van der Waals surface area contributed by atoms with Crippen molar-refractivity contribution >= 4 is 23.2 Å². The van der Waals surface area contributed by atoms with Gasteiger partial charge in [0.1, 0.15) is 5.03 Å². The van der Waals surface area contributed by atoms with Gasteiger partial charge in [-0.2, -0.15) is 22.0 Å². The van der Waals surface area contributed by atoms with Gasteiger partial charge in [-0.05, 0) is 0 Å². The van der Waals surface area contributed by atoms with Gasteiger partial charge in [0.2, 0.25) is 0 Å². The highest BCUT2D eigenvalue weighted by molar-refractivity contribution is 6.39. The second-order valence-corrected chi connectivity index (χ2v) is 2.55. The van der Waals surface area contributed by atoms with Crippen LogP contribution in [0.15, 0.2) is 11.1 Å². The van der Waals surface area contributed by atoms with Crippen molar-refractivity contribution in [3.8, 4) is 0 Å². The Kier molecular flexibility index (Phi) is 3.31. The molecule has 0 rings (SSSR count). The van der Waals surface area contributed by atoms with Crippen LogP contribution in [0.5, 0.6) is 0 Å². The van der Waals surface area contributed by atoms with Crippen molar-refractivity contribution in [2.75, 3.05) is 0 Å². The molecule has 72 valence electrons. The lowest BCUT2D eigenvalue weighted by molar-refractivity contribution is -0.184. The van der Waals surface area contributed by atoms with Crippen LogP contribution in [0.1, 0.15) is 0 Å². The maximum Gasteiger partial charge on any atom is 0.442 e. The zero-order chi connectivity index (χ0) is 10.2. The second-order valence-electron chi connectivity index (χ2n) is 1.65.